The molecule has 0 fully saturated rings. The average Bonchev–Trinajstić information content (AvgIpc) is 2.30. The van der Waals surface area contributed by atoms with Crippen LogP contribution in [0.2, 0.25) is 0 Å². The van der Waals surface area contributed by atoms with Crippen molar-refractivity contribution < 1.29 is 4.39 Å². The van der Waals surface area contributed by atoms with Gasteiger partial charge in [0.1, 0.15) is 5.82 Å². The first kappa shape index (κ1) is 11.1. The molecule has 2 rings (SSSR count). The lowest BCUT2D eigenvalue weighted by Crippen LogP contribution is -2.07. The van der Waals surface area contributed by atoms with E-state index in [4.69, 9.17) is 0 Å². The van der Waals surface area contributed by atoms with E-state index in [9.17, 15) is 9.18 Å². The molecule has 0 amide bonds. The van der Waals surface area contributed by atoms with Crippen molar-refractivity contribution in [2.45, 2.75) is 5.33 Å². The zero-order valence-corrected chi connectivity index (χ0v) is 9.92. The molecule has 0 radical (unpaired) electrons. The number of rotatable bonds is 2. The molecule has 1 aromatic carbocycles. The Hall–Kier alpha value is -1.42. The molecule has 2 nitrogen and oxygen atoms in total. The van der Waals surface area contributed by atoms with Crippen LogP contribution in [0.3, 0.4) is 0 Å². The van der Waals surface area contributed by atoms with E-state index in [2.05, 4.69) is 20.9 Å². The topological polar surface area (TPSA) is 32.9 Å². The minimum absolute atomic E-state index is 0.139. The average molecular weight is 282 g/mol. The minimum Gasteiger partial charge on any atom is -0.325 e. The first-order valence-corrected chi connectivity index (χ1v) is 5.87. The van der Waals surface area contributed by atoms with Crippen molar-refractivity contribution in [3.8, 4) is 11.1 Å². The Labute approximate surface area is 100 Å². The first-order chi connectivity index (χ1) is 7.70. The van der Waals surface area contributed by atoms with Gasteiger partial charge in [0.2, 0.25) is 5.56 Å². The van der Waals surface area contributed by atoms with Crippen LogP contribution in [0, 0.1) is 5.82 Å². The third-order valence-electron chi connectivity index (χ3n) is 2.29. The summed E-state index contributed by atoms with van der Waals surface area (Å²) in [6, 6.07) is 9.38. The second-order valence-electron chi connectivity index (χ2n) is 3.36. The molecule has 1 heterocycles. The van der Waals surface area contributed by atoms with E-state index in [1.54, 1.807) is 18.2 Å². The fourth-order valence-electron chi connectivity index (χ4n) is 1.52. The maximum absolute atomic E-state index is 12.8. The van der Waals surface area contributed by atoms with E-state index >= 15 is 0 Å². The number of nitrogens with one attached hydrogen (secondary N) is 1. The van der Waals surface area contributed by atoms with E-state index in [1.165, 1.54) is 18.2 Å². The summed E-state index contributed by atoms with van der Waals surface area (Å²) in [6.45, 7) is 0. The molecule has 0 saturated heterocycles. The number of benzene rings is 1. The molecule has 16 heavy (non-hydrogen) atoms. The molecule has 0 saturated carbocycles. The number of halogens is 2. The van der Waals surface area contributed by atoms with Crippen LogP contribution >= 0.6 is 15.9 Å². The largest absolute Gasteiger partial charge is 0.325 e. The molecular formula is C12H9BrFNO. The number of aromatic amines is 1. The van der Waals surface area contributed by atoms with Gasteiger partial charge in [0.05, 0.1) is 0 Å². The van der Waals surface area contributed by atoms with Crippen LogP contribution < -0.4 is 5.56 Å². The monoisotopic (exact) mass is 281 g/mol. The summed E-state index contributed by atoms with van der Waals surface area (Å²) in [7, 11) is 0. The third-order valence-corrected chi connectivity index (χ3v) is 2.85. The van der Waals surface area contributed by atoms with Gasteiger partial charge in [0, 0.05) is 22.7 Å². The van der Waals surface area contributed by atoms with Gasteiger partial charge in [0.15, 0.2) is 0 Å². The standard InChI is InChI=1S/C12H9BrFNO/c13-7-11-10(5-6-12(16)15-11)8-1-3-9(14)4-2-8/h1-6H,7H2,(H,15,16). The Bertz CT molecular complexity index is 548. The zero-order valence-electron chi connectivity index (χ0n) is 8.34. The normalized spacial score (nSPS) is 10.4. The van der Waals surface area contributed by atoms with Crippen molar-refractivity contribution in [1.29, 1.82) is 0 Å². The van der Waals surface area contributed by atoms with Gasteiger partial charge in [-0.1, -0.05) is 28.1 Å². The molecule has 1 N–H and O–H groups in total. The summed E-state index contributed by atoms with van der Waals surface area (Å²) in [5.74, 6) is -0.270. The van der Waals surface area contributed by atoms with Crippen molar-refractivity contribution in [2.24, 2.45) is 0 Å². The molecule has 2 aromatic rings. The summed E-state index contributed by atoms with van der Waals surface area (Å²) in [5, 5.41) is 0.551. The highest BCUT2D eigenvalue weighted by atomic mass is 79.9. The quantitative estimate of drug-likeness (QED) is 0.844. The molecule has 0 atom stereocenters. The maximum Gasteiger partial charge on any atom is 0.248 e. The number of hydrogen-bond acceptors (Lipinski definition) is 1. The number of aromatic nitrogens is 1. The smallest absolute Gasteiger partial charge is 0.248 e. The summed E-state index contributed by atoms with van der Waals surface area (Å²) < 4.78 is 12.8. The Balaban J connectivity index is 2.55. The van der Waals surface area contributed by atoms with Crippen LogP contribution in [0.5, 0.6) is 0 Å². The molecule has 82 valence electrons. The van der Waals surface area contributed by atoms with Crippen LogP contribution in [-0.2, 0) is 5.33 Å². The van der Waals surface area contributed by atoms with E-state index in [-0.39, 0.29) is 11.4 Å². The van der Waals surface area contributed by atoms with E-state index < -0.39 is 0 Å². The Morgan fingerprint density at radius 2 is 1.81 bits per heavy atom. The molecular weight excluding hydrogens is 273 g/mol. The van der Waals surface area contributed by atoms with Gasteiger partial charge in [-0.05, 0) is 23.8 Å². The molecule has 1 aromatic heterocycles. The molecule has 4 heteroatoms. The second-order valence-corrected chi connectivity index (χ2v) is 3.92. The van der Waals surface area contributed by atoms with E-state index in [0.29, 0.717) is 5.33 Å². The highest BCUT2D eigenvalue weighted by Crippen LogP contribution is 2.22. The van der Waals surface area contributed by atoms with Crippen molar-refractivity contribution >= 4 is 15.9 Å². The van der Waals surface area contributed by atoms with Gasteiger partial charge in [-0.15, -0.1) is 0 Å². The highest BCUT2D eigenvalue weighted by Gasteiger charge is 2.04. The number of alkyl halides is 1. The second kappa shape index (κ2) is 4.61. The number of pyridine rings is 1. The summed E-state index contributed by atoms with van der Waals surface area (Å²) in [5.41, 5.74) is 2.43. The predicted molar refractivity (Wildman–Crippen MR) is 65.1 cm³/mol. The fraction of sp³-hybridized carbons (Fsp3) is 0.0833. The number of hydrogen-bond donors (Lipinski definition) is 1. The predicted octanol–water partition coefficient (Wildman–Crippen LogP) is 3.08. The van der Waals surface area contributed by atoms with Crippen molar-refractivity contribution in [2.75, 3.05) is 0 Å². The SMILES string of the molecule is O=c1ccc(-c2ccc(F)cc2)c(CBr)[nH]1. The maximum atomic E-state index is 12.8. The van der Waals surface area contributed by atoms with Crippen molar-refractivity contribution in [3.63, 3.8) is 0 Å². The van der Waals surface area contributed by atoms with Gasteiger partial charge in [-0.25, -0.2) is 4.39 Å². The molecule has 0 aliphatic rings. The zero-order chi connectivity index (χ0) is 11.5. The first-order valence-electron chi connectivity index (χ1n) is 4.75. The van der Waals surface area contributed by atoms with Gasteiger partial charge in [0.25, 0.3) is 0 Å². The Morgan fingerprint density at radius 1 is 1.12 bits per heavy atom. The Kier molecular flexibility index (Phi) is 3.19. The molecule has 0 unspecified atom stereocenters. The lowest BCUT2D eigenvalue weighted by Gasteiger charge is -2.06. The van der Waals surface area contributed by atoms with E-state index in [1.807, 2.05) is 0 Å². The third kappa shape index (κ3) is 2.22. The van der Waals surface area contributed by atoms with Gasteiger partial charge < -0.3 is 4.98 Å². The highest BCUT2D eigenvalue weighted by molar-refractivity contribution is 9.08. The summed E-state index contributed by atoms with van der Waals surface area (Å²) in [4.78, 5) is 13.9. The van der Waals surface area contributed by atoms with Crippen molar-refractivity contribution in [3.05, 3.63) is 58.3 Å². The summed E-state index contributed by atoms with van der Waals surface area (Å²) >= 11 is 3.31. The van der Waals surface area contributed by atoms with Gasteiger partial charge in [-0.2, -0.15) is 0 Å². The van der Waals surface area contributed by atoms with Crippen LogP contribution in [0.15, 0.2) is 41.2 Å². The lowest BCUT2D eigenvalue weighted by atomic mass is 10.0. The number of H-pyrrole nitrogens is 1. The van der Waals surface area contributed by atoms with Gasteiger partial charge in [-0.3, -0.25) is 4.79 Å². The van der Waals surface area contributed by atoms with Crippen molar-refractivity contribution in [1.82, 2.24) is 4.98 Å². The molecule has 0 bridgehead atoms. The minimum atomic E-state index is -0.270. The molecule has 0 aliphatic carbocycles. The molecule has 0 spiro atoms. The van der Waals surface area contributed by atoms with E-state index in [0.717, 1.165) is 16.8 Å². The van der Waals surface area contributed by atoms with Crippen LogP contribution in [-0.4, -0.2) is 4.98 Å². The lowest BCUT2D eigenvalue weighted by molar-refractivity contribution is 0.628. The summed E-state index contributed by atoms with van der Waals surface area (Å²) in [6.07, 6.45) is 0. The molecule has 0 aliphatic heterocycles. The fourth-order valence-corrected chi connectivity index (χ4v) is 1.96. The van der Waals surface area contributed by atoms with Crippen LogP contribution in [0.25, 0.3) is 11.1 Å². The van der Waals surface area contributed by atoms with Gasteiger partial charge >= 0.3 is 0 Å². The van der Waals surface area contributed by atoms with Crippen LogP contribution in [0.4, 0.5) is 4.39 Å². The Morgan fingerprint density at radius 3 is 2.44 bits per heavy atom. The van der Waals surface area contributed by atoms with Crippen LogP contribution in [0.1, 0.15) is 5.69 Å².